The molecule has 1 heterocycles. The molecule has 2 atom stereocenters. The number of carbonyl (C=O) groups is 2. The number of cyclic esters (lactones) is 2. The predicted octanol–water partition coefficient (Wildman–Crippen LogP) is 0.580. The average molecular weight is 160 g/mol. The fourth-order valence-electron chi connectivity index (χ4n) is 0.682. The Labute approximate surface area is 63.1 Å². The lowest BCUT2D eigenvalue weighted by Crippen LogP contribution is -2.33. The van der Waals surface area contributed by atoms with Crippen molar-refractivity contribution in [2.75, 3.05) is 0 Å². The zero-order chi connectivity index (χ0) is 7.72. The van der Waals surface area contributed by atoms with E-state index < -0.39 is 11.9 Å². The molecule has 0 radical (unpaired) electrons. The maximum Gasteiger partial charge on any atom is 0.326 e. The third-order valence-corrected chi connectivity index (χ3v) is 2.47. The van der Waals surface area contributed by atoms with Gasteiger partial charge < -0.3 is 4.74 Å². The number of hydrogen-bond donors (Lipinski definition) is 0. The maximum atomic E-state index is 10.7. The van der Waals surface area contributed by atoms with Crippen LogP contribution in [0.1, 0.15) is 13.8 Å². The molecule has 0 amide bonds. The van der Waals surface area contributed by atoms with Gasteiger partial charge in [0.25, 0.3) is 0 Å². The van der Waals surface area contributed by atoms with Gasteiger partial charge in [-0.2, -0.15) is 0 Å². The number of carbonyl (C=O) groups excluding carboxylic acids is 2. The van der Waals surface area contributed by atoms with Crippen molar-refractivity contribution in [3.05, 3.63) is 0 Å². The van der Waals surface area contributed by atoms with E-state index in [2.05, 4.69) is 4.74 Å². The largest absolute Gasteiger partial charge is 0.392 e. The van der Waals surface area contributed by atoms with E-state index in [1.807, 2.05) is 0 Å². The highest BCUT2D eigenvalue weighted by Gasteiger charge is 2.31. The van der Waals surface area contributed by atoms with Crippen LogP contribution in [0.3, 0.4) is 0 Å². The first-order valence-electron chi connectivity index (χ1n) is 3.02. The van der Waals surface area contributed by atoms with Crippen LogP contribution in [0.2, 0.25) is 0 Å². The van der Waals surface area contributed by atoms with Crippen LogP contribution >= 0.6 is 11.8 Å². The molecule has 10 heavy (non-hydrogen) atoms. The minimum absolute atomic E-state index is 0.201. The summed E-state index contributed by atoms with van der Waals surface area (Å²) in [6.07, 6.45) is 0. The van der Waals surface area contributed by atoms with E-state index in [-0.39, 0.29) is 10.5 Å². The summed E-state index contributed by atoms with van der Waals surface area (Å²) >= 11 is 1.33. The molecule has 56 valence electrons. The molecule has 1 aliphatic rings. The third kappa shape index (κ3) is 1.31. The number of ether oxygens (including phenoxy) is 1. The van der Waals surface area contributed by atoms with Crippen molar-refractivity contribution in [3.63, 3.8) is 0 Å². The van der Waals surface area contributed by atoms with Crippen LogP contribution in [0.4, 0.5) is 0 Å². The van der Waals surface area contributed by atoms with Crippen LogP contribution in [0.25, 0.3) is 0 Å². The van der Waals surface area contributed by atoms with E-state index in [0.29, 0.717) is 0 Å². The number of thioether (sulfide) groups is 1. The summed E-state index contributed by atoms with van der Waals surface area (Å²) in [4.78, 5) is 21.4. The Hall–Kier alpha value is -0.510. The van der Waals surface area contributed by atoms with Crippen LogP contribution in [0, 0.1) is 0 Å². The van der Waals surface area contributed by atoms with Crippen molar-refractivity contribution in [2.45, 2.75) is 24.3 Å². The lowest BCUT2D eigenvalue weighted by molar-refractivity contribution is -0.159. The summed E-state index contributed by atoms with van der Waals surface area (Å²) in [6, 6.07) is 0. The lowest BCUT2D eigenvalue weighted by atomic mass is 10.4. The number of hydrogen-bond acceptors (Lipinski definition) is 4. The van der Waals surface area contributed by atoms with Crippen LogP contribution < -0.4 is 0 Å². The van der Waals surface area contributed by atoms with Gasteiger partial charge in [0.05, 0.1) is 0 Å². The van der Waals surface area contributed by atoms with Crippen molar-refractivity contribution in [1.82, 2.24) is 0 Å². The summed E-state index contributed by atoms with van der Waals surface area (Å²) in [5, 5.41) is -0.402. The zero-order valence-corrected chi connectivity index (χ0v) is 6.60. The molecule has 0 aromatic rings. The van der Waals surface area contributed by atoms with E-state index >= 15 is 0 Å². The monoisotopic (exact) mass is 160 g/mol. The second-order valence-corrected chi connectivity index (χ2v) is 3.85. The highest BCUT2D eigenvalue weighted by Crippen LogP contribution is 2.24. The van der Waals surface area contributed by atoms with Crippen molar-refractivity contribution in [3.8, 4) is 0 Å². The Balaban J connectivity index is 2.63. The predicted molar refractivity (Wildman–Crippen MR) is 37.6 cm³/mol. The minimum Gasteiger partial charge on any atom is -0.392 e. The summed E-state index contributed by atoms with van der Waals surface area (Å²) in [5.74, 6) is -0.846. The SMILES string of the molecule is CC1SC(C)C(=O)OC1=O. The Bertz CT molecular complexity index is 160. The Morgan fingerprint density at radius 3 is 1.90 bits per heavy atom. The fraction of sp³-hybridized carbons (Fsp3) is 0.667. The summed E-state index contributed by atoms with van der Waals surface area (Å²) in [7, 11) is 0. The van der Waals surface area contributed by atoms with Crippen LogP contribution in [0.5, 0.6) is 0 Å². The van der Waals surface area contributed by atoms with Crippen LogP contribution in [-0.4, -0.2) is 22.4 Å². The molecule has 1 aliphatic heterocycles. The Kier molecular flexibility index (Phi) is 1.99. The molecule has 1 fully saturated rings. The molecule has 1 saturated heterocycles. The fourth-order valence-corrected chi connectivity index (χ4v) is 1.61. The molecule has 2 unspecified atom stereocenters. The molecule has 0 N–H and O–H groups in total. The van der Waals surface area contributed by atoms with Gasteiger partial charge in [-0.1, -0.05) is 0 Å². The van der Waals surface area contributed by atoms with Crippen molar-refractivity contribution < 1.29 is 14.3 Å². The van der Waals surface area contributed by atoms with Gasteiger partial charge in [0, 0.05) is 0 Å². The molecule has 0 aromatic carbocycles. The second-order valence-electron chi connectivity index (χ2n) is 2.16. The molecule has 4 heteroatoms. The first kappa shape index (κ1) is 7.60. The number of rotatable bonds is 0. The molecule has 0 aromatic heterocycles. The van der Waals surface area contributed by atoms with Gasteiger partial charge in [0.15, 0.2) is 0 Å². The van der Waals surface area contributed by atoms with E-state index in [4.69, 9.17) is 0 Å². The molecular formula is C6H8O3S. The second kappa shape index (κ2) is 2.62. The quantitative estimate of drug-likeness (QED) is 0.384. The first-order chi connectivity index (χ1) is 4.61. The van der Waals surface area contributed by atoms with Gasteiger partial charge in [0.2, 0.25) is 0 Å². The van der Waals surface area contributed by atoms with Gasteiger partial charge in [-0.25, -0.2) is 0 Å². The first-order valence-corrected chi connectivity index (χ1v) is 3.96. The highest BCUT2D eigenvalue weighted by molar-refractivity contribution is 8.01. The van der Waals surface area contributed by atoms with Gasteiger partial charge >= 0.3 is 11.9 Å². The topological polar surface area (TPSA) is 43.4 Å². The smallest absolute Gasteiger partial charge is 0.326 e. The van der Waals surface area contributed by atoms with Gasteiger partial charge in [-0.15, -0.1) is 11.8 Å². The minimum atomic E-state index is -0.423. The standard InChI is InChI=1S/C6H8O3S/c1-3-5(7)9-6(8)4(2)10-3/h3-4H,1-2H3. The molecule has 0 saturated carbocycles. The van der Waals surface area contributed by atoms with E-state index in [1.165, 1.54) is 11.8 Å². The normalized spacial score (nSPS) is 33.8. The van der Waals surface area contributed by atoms with Crippen LogP contribution in [0.15, 0.2) is 0 Å². The summed E-state index contributed by atoms with van der Waals surface area (Å²) in [5.41, 5.74) is 0. The summed E-state index contributed by atoms with van der Waals surface area (Å²) < 4.78 is 4.41. The Morgan fingerprint density at radius 1 is 1.20 bits per heavy atom. The number of esters is 2. The van der Waals surface area contributed by atoms with Crippen molar-refractivity contribution >= 4 is 23.7 Å². The van der Waals surface area contributed by atoms with Crippen molar-refractivity contribution in [2.24, 2.45) is 0 Å². The Morgan fingerprint density at radius 2 is 1.60 bits per heavy atom. The molecule has 3 nitrogen and oxygen atoms in total. The zero-order valence-electron chi connectivity index (χ0n) is 5.79. The van der Waals surface area contributed by atoms with Gasteiger partial charge in [-0.3, -0.25) is 9.59 Å². The van der Waals surface area contributed by atoms with E-state index in [9.17, 15) is 9.59 Å². The average Bonchev–Trinajstić information content (AvgIpc) is 1.84. The summed E-state index contributed by atoms with van der Waals surface area (Å²) in [6.45, 7) is 3.46. The van der Waals surface area contributed by atoms with Crippen LogP contribution in [-0.2, 0) is 14.3 Å². The van der Waals surface area contributed by atoms with E-state index in [1.54, 1.807) is 13.8 Å². The molecule has 0 spiro atoms. The molecular weight excluding hydrogens is 152 g/mol. The molecule has 1 rings (SSSR count). The van der Waals surface area contributed by atoms with Crippen molar-refractivity contribution in [1.29, 1.82) is 0 Å². The van der Waals surface area contributed by atoms with Gasteiger partial charge in [0.1, 0.15) is 10.5 Å². The maximum absolute atomic E-state index is 10.7. The molecule has 0 bridgehead atoms. The van der Waals surface area contributed by atoms with Gasteiger partial charge in [-0.05, 0) is 13.8 Å². The highest BCUT2D eigenvalue weighted by atomic mass is 32.2. The molecule has 0 aliphatic carbocycles. The van der Waals surface area contributed by atoms with E-state index in [0.717, 1.165) is 0 Å². The lowest BCUT2D eigenvalue weighted by Gasteiger charge is -2.20. The third-order valence-electron chi connectivity index (χ3n) is 1.27.